The van der Waals surface area contributed by atoms with Gasteiger partial charge in [0, 0.05) is 25.9 Å². The van der Waals surface area contributed by atoms with E-state index in [9.17, 15) is 19.5 Å². The molecule has 3 aromatic rings. The third-order valence-electron chi connectivity index (χ3n) is 5.86. The van der Waals surface area contributed by atoms with E-state index >= 15 is 0 Å². The van der Waals surface area contributed by atoms with Gasteiger partial charge in [-0.05, 0) is 35.1 Å². The molecule has 0 unspecified atom stereocenters. The number of carboxylic acid groups (broad SMARTS) is 1. The van der Waals surface area contributed by atoms with Gasteiger partial charge in [0.1, 0.15) is 6.61 Å². The molecular weight excluding hydrogens is 436 g/mol. The summed E-state index contributed by atoms with van der Waals surface area (Å²) in [4.78, 5) is 35.5. The zero-order valence-electron chi connectivity index (χ0n) is 18.8. The third kappa shape index (κ3) is 4.93. The number of rotatable bonds is 9. The van der Waals surface area contributed by atoms with Crippen LogP contribution in [0.15, 0.2) is 54.7 Å². The van der Waals surface area contributed by atoms with Crippen molar-refractivity contribution in [3.63, 3.8) is 0 Å². The number of alkyl carbamates (subject to hydrolysis) is 1. The number of hydrogen-bond acceptors (Lipinski definition) is 5. The molecule has 1 aliphatic rings. The first-order valence-corrected chi connectivity index (χ1v) is 11.1. The number of amides is 2. The number of unbranched alkanes of at least 4 members (excludes halogenated alkanes) is 1. The largest absolute Gasteiger partial charge is 0.476 e. The van der Waals surface area contributed by atoms with Crippen molar-refractivity contribution in [1.82, 2.24) is 15.1 Å². The van der Waals surface area contributed by atoms with Crippen molar-refractivity contribution in [2.24, 2.45) is 7.05 Å². The maximum absolute atomic E-state index is 12.2. The van der Waals surface area contributed by atoms with E-state index in [1.54, 1.807) is 0 Å². The second kappa shape index (κ2) is 10.2. The minimum absolute atomic E-state index is 0.00464. The van der Waals surface area contributed by atoms with Crippen LogP contribution >= 0.6 is 0 Å². The van der Waals surface area contributed by atoms with Gasteiger partial charge >= 0.3 is 12.1 Å². The van der Waals surface area contributed by atoms with Crippen LogP contribution in [0.5, 0.6) is 0 Å². The lowest BCUT2D eigenvalue weighted by atomic mass is 9.98. The number of carbonyl (C=O) groups is 3. The highest BCUT2D eigenvalue weighted by atomic mass is 16.5. The lowest BCUT2D eigenvalue weighted by molar-refractivity contribution is -0.116. The molecule has 176 valence electrons. The van der Waals surface area contributed by atoms with E-state index in [0.717, 1.165) is 11.1 Å². The van der Waals surface area contributed by atoms with Gasteiger partial charge in [-0.25, -0.2) is 9.59 Å². The number of nitrogens with zero attached hydrogens (tertiary/aromatic N) is 2. The molecule has 0 radical (unpaired) electrons. The Kier molecular flexibility index (Phi) is 6.91. The number of hydrogen-bond donors (Lipinski definition) is 3. The molecule has 1 heterocycles. The number of nitrogens with one attached hydrogen (secondary N) is 2. The van der Waals surface area contributed by atoms with Crippen LogP contribution in [0, 0.1) is 0 Å². The molecule has 0 bridgehead atoms. The topological polar surface area (TPSA) is 123 Å². The fourth-order valence-electron chi connectivity index (χ4n) is 4.25. The molecule has 9 nitrogen and oxygen atoms in total. The van der Waals surface area contributed by atoms with Gasteiger partial charge in [0.05, 0.1) is 11.9 Å². The van der Waals surface area contributed by atoms with E-state index in [2.05, 4.69) is 40.0 Å². The van der Waals surface area contributed by atoms with Crippen LogP contribution in [-0.2, 0) is 16.6 Å². The van der Waals surface area contributed by atoms with Crippen molar-refractivity contribution in [2.45, 2.75) is 25.2 Å². The number of anilines is 1. The smallest absolute Gasteiger partial charge is 0.407 e. The minimum Gasteiger partial charge on any atom is -0.476 e. The molecule has 0 aliphatic heterocycles. The standard InChI is InChI=1S/C25H26N4O5/c1-29-23(24(31)32)21(14-27-29)28-22(30)12-6-7-13-26-25(33)34-15-20-18-10-4-2-8-16(18)17-9-3-5-11-19(17)20/h2-5,8-11,14,20H,6-7,12-13,15H2,1H3,(H,26,33)(H,28,30)(H,31,32). The van der Waals surface area contributed by atoms with Crippen molar-refractivity contribution in [1.29, 1.82) is 0 Å². The molecule has 34 heavy (non-hydrogen) atoms. The Morgan fingerprint density at radius 2 is 1.68 bits per heavy atom. The first-order valence-electron chi connectivity index (χ1n) is 11.1. The number of benzene rings is 2. The molecule has 2 amide bonds. The fraction of sp³-hybridized carbons (Fsp3) is 0.280. The summed E-state index contributed by atoms with van der Waals surface area (Å²) >= 11 is 0. The molecule has 0 saturated carbocycles. The molecular formula is C25H26N4O5. The first-order chi connectivity index (χ1) is 16.5. The van der Waals surface area contributed by atoms with Crippen molar-refractivity contribution in [2.75, 3.05) is 18.5 Å². The highest BCUT2D eigenvalue weighted by Crippen LogP contribution is 2.44. The maximum Gasteiger partial charge on any atom is 0.407 e. The van der Waals surface area contributed by atoms with Gasteiger partial charge in [-0.2, -0.15) is 5.10 Å². The van der Waals surface area contributed by atoms with Crippen LogP contribution < -0.4 is 10.6 Å². The van der Waals surface area contributed by atoms with Gasteiger partial charge in [0.15, 0.2) is 5.69 Å². The molecule has 2 aromatic carbocycles. The average Bonchev–Trinajstić information content (AvgIpc) is 3.35. The van der Waals surface area contributed by atoms with E-state index in [1.807, 2.05) is 24.3 Å². The zero-order chi connectivity index (χ0) is 24.1. The summed E-state index contributed by atoms with van der Waals surface area (Å²) in [5, 5.41) is 18.3. The molecule has 1 aromatic heterocycles. The molecule has 0 spiro atoms. The number of aromatic carboxylic acids is 1. The number of carboxylic acids is 1. The van der Waals surface area contributed by atoms with Gasteiger partial charge in [0.2, 0.25) is 5.91 Å². The predicted molar refractivity (Wildman–Crippen MR) is 126 cm³/mol. The molecule has 0 saturated heterocycles. The predicted octanol–water partition coefficient (Wildman–Crippen LogP) is 3.77. The van der Waals surface area contributed by atoms with Crippen LogP contribution in [0.2, 0.25) is 0 Å². The Hall–Kier alpha value is -4.14. The van der Waals surface area contributed by atoms with Crippen LogP contribution in [0.25, 0.3) is 11.1 Å². The number of carbonyl (C=O) groups excluding carboxylic acids is 2. The van der Waals surface area contributed by atoms with E-state index in [-0.39, 0.29) is 36.2 Å². The van der Waals surface area contributed by atoms with Gasteiger partial charge < -0.3 is 20.5 Å². The SMILES string of the molecule is Cn1ncc(NC(=O)CCCCNC(=O)OCC2c3ccccc3-c3ccccc32)c1C(=O)O. The van der Waals surface area contributed by atoms with Crippen molar-refractivity contribution in [3.05, 3.63) is 71.5 Å². The summed E-state index contributed by atoms with van der Waals surface area (Å²) in [6.45, 7) is 0.622. The monoisotopic (exact) mass is 462 g/mol. The Morgan fingerprint density at radius 1 is 1.03 bits per heavy atom. The van der Waals surface area contributed by atoms with E-state index < -0.39 is 12.1 Å². The van der Waals surface area contributed by atoms with Crippen LogP contribution in [0.4, 0.5) is 10.5 Å². The summed E-state index contributed by atoms with van der Waals surface area (Å²) in [5.74, 6) is -1.47. The zero-order valence-corrected chi connectivity index (χ0v) is 18.8. The highest BCUT2D eigenvalue weighted by Gasteiger charge is 2.28. The van der Waals surface area contributed by atoms with Crippen LogP contribution in [0.3, 0.4) is 0 Å². The Labute approximate surface area is 196 Å². The minimum atomic E-state index is -1.16. The number of fused-ring (bicyclic) bond motifs is 3. The Morgan fingerprint density at radius 3 is 2.32 bits per heavy atom. The summed E-state index contributed by atoms with van der Waals surface area (Å²) in [7, 11) is 1.49. The average molecular weight is 463 g/mol. The fourth-order valence-corrected chi connectivity index (χ4v) is 4.25. The quantitative estimate of drug-likeness (QED) is 0.416. The lowest BCUT2D eigenvalue weighted by Crippen LogP contribution is -2.27. The normalized spacial score (nSPS) is 12.0. The van der Waals surface area contributed by atoms with Crippen molar-refractivity contribution >= 4 is 23.7 Å². The third-order valence-corrected chi connectivity index (χ3v) is 5.86. The van der Waals surface area contributed by atoms with Crippen molar-refractivity contribution in [3.8, 4) is 11.1 Å². The summed E-state index contributed by atoms with van der Waals surface area (Å²) in [5.41, 5.74) is 4.74. The Bertz CT molecular complexity index is 1170. The van der Waals surface area contributed by atoms with Gasteiger partial charge in [-0.3, -0.25) is 9.48 Å². The molecule has 9 heteroatoms. The van der Waals surface area contributed by atoms with E-state index in [0.29, 0.717) is 19.4 Å². The number of aryl methyl sites for hydroxylation is 1. The van der Waals surface area contributed by atoms with Gasteiger partial charge in [-0.1, -0.05) is 48.5 Å². The Balaban J connectivity index is 1.18. The van der Waals surface area contributed by atoms with Gasteiger partial charge in [-0.15, -0.1) is 0 Å². The highest BCUT2D eigenvalue weighted by molar-refractivity contribution is 5.99. The molecule has 0 atom stereocenters. The summed E-state index contributed by atoms with van der Waals surface area (Å²) in [6, 6.07) is 16.3. The second-order valence-electron chi connectivity index (χ2n) is 8.09. The van der Waals surface area contributed by atoms with E-state index in [4.69, 9.17) is 4.74 Å². The number of ether oxygens (including phenoxy) is 1. The van der Waals surface area contributed by atoms with Gasteiger partial charge in [0.25, 0.3) is 0 Å². The molecule has 0 fully saturated rings. The molecule has 4 rings (SSSR count). The molecule has 3 N–H and O–H groups in total. The number of aromatic nitrogens is 2. The summed E-state index contributed by atoms with van der Waals surface area (Å²) in [6.07, 6.45) is 2.11. The van der Waals surface area contributed by atoms with E-state index in [1.165, 1.54) is 29.1 Å². The first kappa shape index (κ1) is 23.0. The van der Waals surface area contributed by atoms with Crippen molar-refractivity contribution < 1.29 is 24.2 Å². The van der Waals surface area contributed by atoms with Crippen LogP contribution in [0.1, 0.15) is 46.8 Å². The lowest BCUT2D eigenvalue weighted by Gasteiger charge is -2.14. The molecule has 1 aliphatic carbocycles. The van der Waals surface area contributed by atoms with Crippen LogP contribution in [-0.4, -0.2) is 46.0 Å². The maximum atomic E-state index is 12.2. The summed E-state index contributed by atoms with van der Waals surface area (Å²) < 4.78 is 6.68. The second-order valence-corrected chi connectivity index (χ2v) is 8.09.